The van der Waals surface area contributed by atoms with Crippen LogP contribution >= 0.6 is 0 Å². The molecule has 0 aliphatic carbocycles. The molecule has 5 nitrogen and oxygen atoms in total. The minimum Gasteiger partial charge on any atom is -0.354 e. The zero-order valence-corrected chi connectivity index (χ0v) is 15.4. The average molecular weight is 368 g/mol. The predicted octanol–water partition coefficient (Wildman–Crippen LogP) is 3.00. The summed E-state index contributed by atoms with van der Waals surface area (Å²) in [5, 5.41) is 3.33. The van der Waals surface area contributed by atoms with Crippen LogP contribution in [0.25, 0.3) is 0 Å². The Balaban J connectivity index is 1.58. The van der Waals surface area contributed by atoms with Crippen molar-refractivity contribution < 1.29 is 9.18 Å². The molecule has 1 aromatic heterocycles. The summed E-state index contributed by atoms with van der Waals surface area (Å²) in [4.78, 5) is 22.0. The zero-order chi connectivity index (χ0) is 18.6. The van der Waals surface area contributed by atoms with Crippen LogP contribution in [0.1, 0.15) is 41.4 Å². The minimum atomic E-state index is -0.260. The molecule has 2 aromatic rings. The van der Waals surface area contributed by atoms with E-state index < -0.39 is 0 Å². The molecule has 6 heteroatoms. The molecule has 1 aromatic carbocycles. The Bertz CT molecular complexity index is 806. The first-order chi connectivity index (χ1) is 13.2. The van der Waals surface area contributed by atoms with E-state index in [-0.39, 0.29) is 17.8 Å². The third-order valence-corrected chi connectivity index (χ3v) is 5.39. The summed E-state index contributed by atoms with van der Waals surface area (Å²) in [6.07, 6.45) is 2.86. The standard InChI is InChI=1S/C21H25FN4O/c22-17-6-3-5-16(15-17)19-8-1-2-12-26(19)21(27)18-7-4-9-20(24-18)25-13-10-23-11-14-25/h3-7,9,15,19,23H,1-2,8,10-14H2. The van der Waals surface area contributed by atoms with E-state index >= 15 is 0 Å². The molecule has 27 heavy (non-hydrogen) atoms. The molecule has 4 rings (SSSR count). The number of likely N-dealkylation sites (tertiary alicyclic amines) is 1. The second-order valence-corrected chi connectivity index (χ2v) is 7.18. The smallest absolute Gasteiger partial charge is 0.273 e. The molecule has 1 amide bonds. The largest absolute Gasteiger partial charge is 0.354 e. The number of amides is 1. The van der Waals surface area contributed by atoms with E-state index in [0.717, 1.165) is 56.8 Å². The maximum Gasteiger partial charge on any atom is 0.273 e. The van der Waals surface area contributed by atoms with Gasteiger partial charge in [0, 0.05) is 32.7 Å². The number of hydrogen-bond acceptors (Lipinski definition) is 4. The van der Waals surface area contributed by atoms with Gasteiger partial charge in [-0.15, -0.1) is 0 Å². The van der Waals surface area contributed by atoms with E-state index in [9.17, 15) is 9.18 Å². The van der Waals surface area contributed by atoms with Crippen molar-refractivity contribution >= 4 is 11.7 Å². The van der Waals surface area contributed by atoms with Gasteiger partial charge in [-0.05, 0) is 49.1 Å². The number of carbonyl (C=O) groups excluding carboxylic acids is 1. The first-order valence-corrected chi connectivity index (χ1v) is 9.71. The predicted molar refractivity (Wildman–Crippen MR) is 103 cm³/mol. The molecule has 1 unspecified atom stereocenters. The van der Waals surface area contributed by atoms with Gasteiger partial charge in [0.1, 0.15) is 17.3 Å². The Labute approximate surface area is 159 Å². The zero-order valence-electron chi connectivity index (χ0n) is 15.4. The molecule has 1 N–H and O–H groups in total. The molecule has 0 spiro atoms. The van der Waals surface area contributed by atoms with Crippen LogP contribution < -0.4 is 10.2 Å². The fourth-order valence-corrected chi connectivity index (χ4v) is 3.99. The molecule has 0 radical (unpaired) electrons. The molecule has 1 atom stereocenters. The van der Waals surface area contributed by atoms with Crippen LogP contribution in [-0.4, -0.2) is 48.5 Å². The van der Waals surface area contributed by atoms with Crippen LogP contribution in [0.4, 0.5) is 10.2 Å². The lowest BCUT2D eigenvalue weighted by Gasteiger charge is -2.36. The number of rotatable bonds is 3. The van der Waals surface area contributed by atoms with Crippen LogP contribution in [0.3, 0.4) is 0 Å². The topological polar surface area (TPSA) is 48.5 Å². The second-order valence-electron chi connectivity index (χ2n) is 7.18. The van der Waals surface area contributed by atoms with Gasteiger partial charge in [-0.1, -0.05) is 18.2 Å². The third-order valence-electron chi connectivity index (χ3n) is 5.39. The van der Waals surface area contributed by atoms with Gasteiger partial charge in [-0.2, -0.15) is 0 Å². The van der Waals surface area contributed by atoms with Crippen molar-refractivity contribution in [3.63, 3.8) is 0 Å². The number of pyridine rings is 1. The number of nitrogens with one attached hydrogen (secondary N) is 1. The Morgan fingerprint density at radius 1 is 1.07 bits per heavy atom. The van der Waals surface area contributed by atoms with E-state index in [2.05, 4.69) is 15.2 Å². The highest BCUT2D eigenvalue weighted by Crippen LogP contribution is 2.32. The van der Waals surface area contributed by atoms with Crippen LogP contribution in [-0.2, 0) is 0 Å². The molecule has 0 bridgehead atoms. The SMILES string of the molecule is O=C(c1cccc(N2CCNCC2)n1)N1CCCCC1c1cccc(F)c1. The van der Waals surface area contributed by atoms with Crippen molar-refractivity contribution in [1.29, 1.82) is 0 Å². The van der Waals surface area contributed by atoms with Crippen LogP contribution in [0.5, 0.6) is 0 Å². The highest BCUT2D eigenvalue weighted by atomic mass is 19.1. The molecule has 2 aliphatic rings. The Hall–Kier alpha value is -2.47. The van der Waals surface area contributed by atoms with Crippen molar-refractivity contribution in [2.24, 2.45) is 0 Å². The normalized spacial score (nSPS) is 20.6. The van der Waals surface area contributed by atoms with E-state index in [1.807, 2.05) is 23.1 Å². The van der Waals surface area contributed by atoms with Crippen LogP contribution in [0.15, 0.2) is 42.5 Å². The lowest BCUT2D eigenvalue weighted by Crippen LogP contribution is -2.44. The number of aromatic nitrogens is 1. The number of piperidine rings is 1. The third kappa shape index (κ3) is 3.95. The van der Waals surface area contributed by atoms with Gasteiger partial charge in [0.25, 0.3) is 5.91 Å². The highest BCUT2D eigenvalue weighted by Gasteiger charge is 2.30. The van der Waals surface area contributed by atoms with E-state index in [1.54, 1.807) is 18.2 Å². The first-order valence-electron chi connectivity index (χ1n) is 9.71. The number of carbonyl (C=O) groups is 1. The van der Waals surface area contributed by atoms with Crippen LogP contribution in [0, 0.1) is 5.82 Å². The van der Waals surface area contributed by atoms with Gasteiger partial charge in [0.2, 0.25) is 0 Å². The Morgan fingerprint density at radius 2 is 1.89 bits per heavy atom. The maximum absolute atomic E-state index is 13.7. The lowest BCUT2D eigenvalue weighted by molar-refractivity contribution is 0.0605. The second kappa shape index (κ2) is 8.05. The average Bonchev–Trinajstić information content (AvgIpc) is 2.74. The van der Waals surface area contributed by atoms with Gasteiger partial charge < -0.3 is 15.1 Å². The summed E-state index contributed by atoms with van der Waals surface area (Å²) < 4.78 is 13.7. The van der Waals surface area contributed by atoms with Gasteiger partial charge in [-0.25, -0.2) is 9.37 Å². The van der Waals surface area contributed by atoms with Crippen molar-refractivity contribution in [2.75, 3.05) is 37.6 Å². The summed E-state index contributed by atoms with van der Waals surface area (Å²) in [6.45, 7) is 4.31. The number of halogens is 1. The van der Waals surface area contributed by atoms with E-state index in [1.165, 1.54) is 6.07 Å². The molecule has 142 valence electrons. The molecule has 2 saturated heterocycles. The molecule has 2 fully saturated rings. The molecule has 3 heterocycles. The monoisotopic (exact) mass is 368 g/mol. The molecule has 0 saturated carbocycles. The maximum atomic E-state index is 13.7. The summed E-state index contributed by atoms with van der Waals surface area (Å²) >= 11 is 0. The fourth-order valence-electron chi connectivity index (χ4n) is 3.99. The van der Waals surface area contributed by atoms with Crippen molar-refractivity contribution in [2.45, 2.75) is 25.3 Å². The Kier molecular flexibility index (Phi) is 5.34. The summed E-state index contributed by atoms with van der Waals surface area (Å²) in [5.41, 5.74) is 1.33. The van der Waals surface area contributed by atoms with Crippen molar-refractivity contribution in [3.8, 4) is 0 Å². The summed E-state index contributed by atoms with van der Waals surface area (Å²) in [7, 11) is 0. The lowest BCUT2D eigenvalue weighted by atomic mass is 9.94. The van der Waals surface area contributed by atoms with Gasteiger partial charge in [-0.3, -0.25) is 4.79 Å². The number of nitrogens with zero attached hydrogens (tertiary/aromatic N) is 3. The minimum absolute atomic E-state index is 0.0686. The number of piperazine rings is 1. The summed E-state index contributed by atoms with van der Waals surface area (Å²) in [6, 6.07) is 12.2. The Morgan fingerprint density at radius 3 is 2.70 bits per heavy atom. The fraction of sp³-hybridized carbons (Fsp3) is 0.429. The van der Waals surface area contributed by atoms with Crippen LogP contribution in [0.2, 0.25) is 0 Å². The van der Waals surface area contributed by atoms with Gasteiger partial charge in [0.05, 0.1) is 6.04 Å². The van der Waals surface area contributed by atoms with Gasteiger partial charge >= 0.3 is 0 Å². The number of anilines is 1. The number of benzene rings is 1. The van der Waals surface area contributed by atoms with Crippen molar-refractivity contribution in [1.82, 2.24) is 15.2 Å². The number of hydrogen-bond donors (Lipinski definition) is 1. The van der Waals surface area contributed by atoms with E-state index in [0.29, 0.717) is 12.2 Å². The summed E-state index contributed by atoms with van der Waals surface area (Å²) in [5.74, 6) is 0.520. The highest BCUT2D eigenvalue weighted by molar-refractivity contribution is 5.93. The van der Waals surface area contributed by atoms with E-state index in [4.69, 9.17) is 0 Å². The molecular weight excluding hydrogens is 343 g/mol. The molecular formula is C21H25FN4O. The van der Waals surface area contributed by atoms with Gasteiger partial charge in [0.15, 0.2) is 0 Å². The quantitative estimate of drug-likeness (QED) is 0.905. The first kappa shape index (κ1) is 17.9. The molecule has 2 aliphatic heterocycles. The van der Waals surface area contributed by atoms with Crippen molar-refractivity contribution in [3.05, 3.63) is 59.5 Å².